The molecule has 3 aromatic rings. The zero-order valence-corrected chi connectivity index (χ0v) is 18.3. The van der Waals surface area contributed by atoms with Crippen LogP contribution in [-0.4, -0.2) is 38.6 Å². The highest BCUT2D eigenvalue weighted by molar-refractivity contribution is 7.80. The Morgan fingerprint density at radius 1 is 1.19 bits per heavy atom. The molecule has 0 saturated carbocycles. The van der Waals surface area contributed by atoms with Crippen LogP contribution in [0.3, 0.4) is 0 Å². The summed E-state index contributed by atoms with van der Waals surface area (Å²) in [6, 6.07) is 9.94. The van der Waals surface area contributed by atoms with E-state index >= 15 is 0 Å². The number of carbonyl (C=O) groups is 2. The number of aromatic nitrogens is 2. The van der Waals surface area contributed by atoms with Gasteiger partial charge in [0.15, 0.2) is 0 Å². The minimum absolute atomic E-state index is 0.310. The van der Waals surface area contributed by atoms with E-state index in [0.717, 1.165) is 24.4 Å². The third-order valence-corrected chi connectivity index (χ3v) is 4.95. The largest absolute Gasteiger partial charge is 0.465 e. The first kappa shape index (κ1) is 23.1. The number of carboxylic acid groups (broad SMARTS) is 1. The maximum Gasteiger partial charge on any atom is 0.405 e. The molecule has 0 fully saturated rings. The SMILES string of the molecule is CC(=S)NCCCCC(NC(=O)O)c1nc2c(NC(=O)c3ccc(F)cc3)cccc2[nH]1. The molecule has 10 heteroatoms. The molecule has 0 aliphatic rings. The van der Waals surface area contributed by atoms with Crippen molar-refractivity contribution in [3.63, 3.8) is 0 Å². The lowest BCUT2D eigenvalue weighted by Gasteiger charge is -2.14. The summed E-state index contributed by atoms with van der Waals surface area (Å²) in [7, 11) is 0. The standard InChI is InChI=1S/C22H24FN5O3S/c1-13(32)24-12-3-2-5-18(27-22(30)31)20-25-16-6-4-7-17(19(16)28-20)26-21(29)14-8-10-15(23)11-9-14/h4,6-11,18,27H,2-3,5,12H2,1H3,(H,24,32)(H,25,28)(H,26,29)(H,30,31). The summed E-state index contributed by atoms with van der Waals surface area (Å²) in [5.74, 6) is -0.362. The van der Waals surface area contributed by atoms with Crippen molar-refractivity contribution < 1.29 is 19.1 Å². The minimum Gasteiger partial charge on any atom is -0.465 e. The van der Waals surface area contributed by atoms with Crippen LogP contribution in [0, 0.1) is 5.82 Å². The van der Waals surface area contributed by atoms with Crippen molar-refractivity contribution in [3.8, 4) is 0 Å². The van der Waals surface area contributed by atoms with Gasteiger partial charge in [0.25, 0.3) is 5.91 Å². The maximum atomic E-state index is 13.1. The number of fused-ring (bicyclic) bond motifs is 1. The second kappa shape index (κ2) is 10.7. The summed E-state index contributed by atoms with van der Waals surface area (Å²) < 4.78 is 13.1. The average Bonchev–Trinajstić information content (AvgIpc) is 3.18. The molecule has 1 aromatic heterocycles. The van der Waals surface area contributed by atoms with Crippen LogP contribution in [0.5, 0.6) is 0 Å². The highest BCUT2D eigenvalue weighted by Crippen LogP contribution is 2.26. The van der Waals surface area contributed by atoms with E-state index in [1.807, 2.05) is 6.92 Å². The number of unbranched alkanes of at least 4 members (excludes halogenated alkanes) is 1. The van der Waals surface area contributed by atoms with Gasteiger partial charge in [0, 0.05) is 12.1 Å². The molecule has 168 valence electrons. The molecule has 1 unspecified atom stereocenters. The van der Waals surface area contributed by atoms with E-state index in [0.29, 0.717) is 34.5 Å². The van der Waals surface area contributed by atoms with Crippen molar-refractivity contribution in [3.05, 3.63) is 59.7 Å². The van der Waals surface area contributed by atoms with Crippen molar-refractivity contribution in [1.29, 1.82) is 0 Å². The lowest BCUT2D eigenvalue weighted by Crippen LogP contribution is -2.28. The molecule has 0 aliphatic carbocycles. The van der Waals surface area contributed by atoms with Gasteiger partial charge in [-0.3, -0.25) is 4.79 Å². The number of thiocarbonyl (C=S) groups is 1. The fraction of sp³-hybridized carbons (Fsp3) is 0.273. The van der Waals surface area contributed by atoms with Crippen molar-refractivity contribution in [2.24, 2.45) is 0 Å². The van der Waals surface area contributed by atoms with Crippen LogP contribution in [0.15, 0.2) is 42.5 Å². The normalized spacial score (nSPS) is 11.7. The Morgan fingerprint density at radius 2 is 1.94 bits per heavy atom. The van der Waals surface area contributed by atoms with Crippen molar-refractivity contribution in [2.45, 2.75) is 32.2 Å². The molecule has 32 heavy (non-hydrogen) atoms. The Hall–Kier alpha value is -3.53. The van der Waals surface area contributed by atoms with Gasteiger partial charge in [-0.15, -0.1) is 0 Å². The Bertz CT molecular complexity index is 1120. The summed E-state index contributed by atoms with van der Waals surface area (Å²) in [6.07, 6.45) is 0.978. The zero-order chi connectivity index (χ0) is 23.1. The Balaban J connectivity index is 1.77. The van der Waals surface area contributed by atoms with E-state index in [1.165, 1.54) is 24.3 Å². The molecule has 1 heterocycles. The van der Waals surface area contributed by atoms with Crippen LogP contribution < -0.4 is 16.0 Å². The smallest absolute Gasteiger partial charge is 0.405 e. The number of carbonyl (C=O) groups excluding carboxylic acids is 1. The fourth-order valence-electron chi connectivity index (χ4n) is 3.28. The van der Waals surface area contributed by atoms with Crippen LogP contribution in [-0.2, 0) is 0 Å². The average molecular weight is 458 g/mol. The molecule has 0 radical (unpaired) electrons. The number of hydrogen-bond acceptors (Lipinski definition) is 4. The number of benzene rings is 2. The van der Waals surface area contributed by atoms with Gasteiger partial charge in [0.1, 0.15) is 17.2 Å². The first-order valence-corrected chi connectivity index (χ1v) is 10.5. The lowest BCUT2D eigenvalue weighted by atomic mass is 10.1. The lowest BCUT2D eigenvalue weighted by molar-refractivity contribution is 0.102. The number of imidazole rings is 1. The Morgan fingerprint density at radius 3 is 2.62 bits per heavy atom. The van der Waals surface area contributed by atoms with Gasteiger partial charge >= 0.3 is 6.09 Å². The van der Waals surface area contributed by atoms with Crippen LogP contribution in [0.25, 0.3) is 11.0 Å². The van der Waals surface area contributed by atoms with E-state index in [1.54, 1.807) is 18.2 Å². The monoisotopic (exact) mass is 457 g/mol. The summed E-state index contributed by atoms with van der Waals surface area (Å²) in [4.78, 5) is 32.3. The number of halogens is 1. The summed E-state index contributed by atoms with van der Waals surface area (Å²) >= 11 is 4.98. The first-order valence-electron chi connectivity index (χ1n) is 10.1. The van der Waals surface area contributed by atoms with Crippen LogP contribution in [0.4, 0.5) is 14.9 Å². The molecule has 2 amide bonds. The van der Waals surface area contributed by atoms with Gasteiger partial charge in [0.05, 0.1) is 22.2 Å². The highest BCUT2D eigenvalue weighted by atomic mass is 32.1. The number of hydrogen-bond donors (Lipinski definition) is 5. The van der Waals surface area contributed by atoms with Crippen molar-refractivity contribution >= 4 is 45.9 Å². The van der Waals surface area contributed by atoms with Crippen molar-refractivity contribution in [2.75, 3.05) is 11.9 Å². The third kappa shape index (κ3) is 6.24. The van der Waals surface area contributed by atoms with Crippen LogP contribution in [0.2, 0.25) is 0 Å². The number of anilines is 1. The van der Waals surface area contributed by atoms with Gasteiger partial charge in [-0.2, -0.15) is 0 Å². The molecule has 3 rings (SSSR count). The van der Waals surface area contributed by atoms with E-state index < -0.39 is 23.9 Å². The second-order valence-corrected chi connectivity index (χ2v) is 7.88. The number of aromatic amines is 1. The number of amides is 2. The summed E-state index contributed by atoms with van der Waals surface area (Å²) in [5, 5.41) is 17.6. The van der Waals surface area contributed by atoms with E-state index in [2.05, 4.69) is 25.9 Å². The van der Waals surface area contributed by atoms with Gasteiger partial charge in [-0.1, -0.05) is 18.3 Å². The highest BCUT2D eigenvalue weighted by Gasteiger charge is 2.19. The molecule has 0 aliphatic heterocycles. The minimum atomic E-state index is -1.15. The predicted octanol–water partition coefficient (Wildman–Crippen LogP) is 4.37. The Labute approximate surface area is 189 Å². The number of H-pyrrole nitrogens is 1. The maximum absolute atomic E-state index is 13.1. The zero-order valence-electron chi connectivity index (χ0n) is 17.4. The summed E-state index contributed by atoms with van der Waals surface area (Å²) in [6.45, 7) is 2.53. The van der Waals surface area contributed by atoms with E-state index in [4.69, 9.17) is 12.2 Å². The molecule has 1 atom stereocenters. The molecule has 0 spiro atoms. The molecular weight excluding hydrogens is 433 g/mol. The molecule has 0 bridgehead atoms. The second-order valence-electron chi connectivity index (χ2n) is 7.27. The third-order valence-electron chi connectivity index (χ3n) is 4.81. The summed E-state index contributed by atoms with van der Waals surface area (Å²) in [5.41, 5.74) is 1.94. The van der Waals surface area contributed by atoms with Gasteiger partial charge in [0.2, 0.25) is 0 Å². The first-order chi connectivity index (χ1) is 15.3. The van der Waals surface area contributed by atoms with Gasteiger partial charge in [-0.25, -0.2) is 14.2 Å². The fourth-order valence-corrected chi connectivity index (χ4v) is 3.38. The number of nitrogens with one attached hydrogen (secondary N) is 4. The number of para-hydroxylation sites is 1. The van der Waals surface area contributed by atoms with Crippen LogP contribution in [0.1, 0.15) is 48.4 Å². The molecule has 0 saturated heterocycles. The number of rotatable bonds is 9. The predicted molar refractivity (Wildman–Crippen MR) is 124 cm³/mol. The molecule has 2 aromatic carbocycles. The quantitative estimate of drug-likeness (QED) is 0.240. The molecule has 5 N–H and O–H groups in total. The van der Waals surface area contributed by atoms with Crippen molar-refractivity contribution in [1.82, 2.24) is 20.6 Å². The number of nitrogens with zero attached hydrogens (tertiary/aromatic N) is 1. The van der Waals surface area contributed by atoms with Gasteiger partial charge < -0.3 is 26.0 Å². The Kier molecular flexibility index (Phi) is 7.72. The van der Waals surface area contributed by atoms with Gasteiger partial charge in [-0.05, 0) is 62.6 Å². The molecule has 8 nitrogen and oxygen atoms in total. The van der Waals surface area contributed by atoms with E-state index in [-0.39, 0.29) is 0 Å². The topological polar surface area (TPSA) is 119 Å². The molecular formula is C22H24FN5O3S. The van der Waals surface area contributed by atoms with Crippen LogP contribution >= 0.6 is 12.2 Å². The van der Waals surface area contributed by atoms with E-state index in [9.17, 15) is 19.1 Å².